The van der Waals surface area contributed by atoms with Gasteiger partial charge in [0, 0.05) is 6.54 Å². The van der Waals surface area contributed by atoms with Gasteiger partial charge >= 0.3 is 0 Å². The van der Waals surface area contributed by atoms with Gasteiger partial charge in [0.05, 0.1) is 0 Å². The van der Waals surface area contributed by atoms with Gasteiger partial charge in [-0.15, -0.1) is 0 Å². The summed E-state index contributed by atoms with van der Waals surface area (Å²) in [5.41, 5.74) is 5.20. The van der Waals surface area contributed by atoms with Crippen molar-refractivity contribution < 1.29 is 5.11 Å². The van der Waals surface area contributed by atoms with Crippen LogP contribution in [0.2, 0.25) is 0 Å². The van der Waals surface area contributed by atoms with Gasteiger partial charge in [-0.25, -0.2) is 0 Å². The van der Waals surface area contributed by atoms with Crippen LogP contribution in [0, 0.1) is 0 Å². The highest BCUT2D eigenvalue weighted by Crippen LogP contribution is 2.07. The van der Waals surface area contributed by atoms with Crippen molar-refractivity contribution in [2.45, 2.75) is 25.5 Å². The van der Waals surface area contributed by atoms with E-state index in [4.69, 9.17) is 10.8 Å². The normalized spacial score (nSPS) is 23.4. The van der Waals surface area contributed by atoms with E-state index in [1.54, 1.807) is 0 Å². The van der Waals surface area contributed by atoms with Gasteiger partial charge in [-0.1, -0.05) is 0 Å². The Labute approximate surface area is 61.8 Å². The maximum absolute atomic E-state index is 8.76. The van der Waals surface area contributed by atoms with Gasteiger partial charge < -0.3 is 15.7 Å². The highest BCUT2D eigenvalue weighted by Gasteiger charge is 2.11. The Morgan fingerprint density at radius 3 is 2.50 bits per heavy atom. The minimum atomic E-state index is -0.624. The molecule has 60 valence electrons. The Morgan fingerprint density at radius 2 is 2.00 bits per heavy atom. The van der Waals surface area contributed by atoms with E-state index >= 15 is 0 Å². The molecule has 10 heavy (non-hydrogen) atoms. The van der Waals surface area contributed by atoms with Crippen LogP contribution in [-0.4, -0.2) is 35.9 Å². The maximum atomic E-state index is 8.76. The number of likely N-dealkylation sites (tertiary alicyclic amines) is 1. The molecule has 1 aliphatic heterocycles. The Bertz CT molecular complexity index is 89.6. The van der Waals surface area contributed by atoms with E-state index in [1.165, 1.54) is 25.9 Å². The van der Waals surface area contributed by atoms with Crippen LogP contribution >= 0.6 is 0 Å². The van der Waals surface area contributed by atoms with Crippen LogP contribution < -0.4 is 5.73 Å². The molecule has 0 aliphatic carbocycles. The average Bonchev–Trinajstić information content (AvgIpc) is 2.34. The summed E-state index contributed by atoms with van der Waals surface area (Å²) in [6.45, 7) is 3.33. The summed E-state index contributed by atoms with van der Waals surface area (Å²) in [6, 6.07) is 0. The summed E-state index contributed by atoms with van der Waals surface area (Å²) in [5, 5.41) is 8.76. The van der Waals surface area contributed by atoms with E-state index in [0.29, 0.717) is 6.42 Å². The molecular formula is C7H16N2O. The maximum Gasteiger partial charge on any atom is 0.103 e. The van der Waals surface area contributed by atoms with Crippen LogP contribution in [0.15, 0.2) is 0 Å². The Morgan fingerprint density at radius 1 is 1.40 bits per heavy atom. The molecule has 0 aromatic rings. The number of aliphatic hydroxyl groups excluding tert-OH is 1. The molecule has 1 atom stereocenters. The third-order valence-electron chi connectivity index (χ3n) is 1.94. The van der Waals surface area contributed by atoms with Crippen LogP contribution in [-0.2, 0) is 0 Å². The molecule has 0 amide bonds. The second-order valence-corrected chi connectivity index (χ2v) is 2.90. The first-order chi connectivity index (χ1) is 4.79. The van der Waals surface area contributed by atoms with Crippen LogP contribution in [0.5, 0.6) is 0 Å². The van der Waals surface area contributed by atoms with E-state index < -0.39 is 6.23 Å². The smallest absolute Gasteiger partial charge is 0.103 e. The fourth-order valence-electron chi connectivity index (χ4n) is 1.32. The van der Waals surface area contributed by atoms with Gasteiger partial charge in [0.1, 0.15) is 6.23 Å². The van der Waals surface area contributed by atoms with Gasteiger partial charge in [-0.3, -0.25) is 0 Å². The first-order valence-corrected chi connectivity index (χ1v) is 3.95. The standard InChI is InChI=1S/C7H16N2O/c8-7(10)3-6-9-4-1-2-5-9/h7,10H,1-6,8H2. The molecule has 1 heterocycles. The van der Waals surface area contributed by atoms with Crippen molar-refractivity contribution in [2.75, 3.05) is 19.6 Å². The first-order valence-electron chi connectivity index (χ1n) is 3.95. The van der Waals surface area contributed by atoms with Crippen molar-refractivity contribution in [3.63, 3.8) is 0 Å². The van der Waals surface area contributed by atoms with Crippen molar-refractivity contribution in [3.8, 4) is 0 Å². The lowest BCUT2D eigenvalue weighted by Crippen LogP contribution is -2.28. The molecule has 3 N–H and O–H groups in total. The molecule has 0 spiro atoms. The number of rotatable bonds is 3. The monoisotopic (exact) mass is 144 g/mol. The number of hydrogen-bond donors (Lipinski definition) is 2. The highest BCUT2D eigenvalue weighted by atomic mass is 16.3. The minimum Gasteiger partial charge on any atom is -0.379 e. The zero-order valence-electron chi connectivity index (χ0n) is 6.29. The van der Waals surface area contributed by atoms with Crippen molar-refractivity contribution in [1.82, 2.24) is 4.90 Å². The van der Waals surface area contributed by atoms with Crippen LogP contribution in [0.3, 0.4) is 0 Å². The number of nitrogens with two attached hydrogens (primary N) is 1. The molecule has 1 aliphatic rings. The highest BCUT2D eigenvalue weighted by molar-refractivity contribution is 4.66. The summed E-state index contributed by atoms with van der Waals surface area (Å²) in [7, 11) is 0. The third-order valence-corrected chi connectivity index (χ3v) is 1.94. The molecular weight excluding hydrogens is 128 g/mol. The summed E-state index contributed by atoms with van der Waals surface area (Å²) in [5.74, 6) is 0. The number of aliphatic hydroxyl groups is 1. The quantitative estimate of drug-likeness (QED) is 0.537. The molecule has 1 fully saturated rings. The van der Waals surface area contributed by atoms with Crippen molar-refractivity contribution in [3.05, 3.63) is 0 Å². The van der Waals surface area contributed by atoms with Gasteiger partial charge in [0.25, 0.3) is 0 Å². The summed E-state index contributed by atoms with van der Waals surface area (Å²) in [4.78, 5) is 2.34. The molecule has 0 aromatic carbocycles. The van der Waals surface area contributed by atoms with Gasteiger partial charge in [0.15, 0.2) is 0 Å². The fraction of sp³-hybridized carbons (Fsp3) is 1.00. The zero-order valence-corrected chi connectivity index (χ0v) is 6.29. The molecule has 1 saturated heterocycles. The molecule has 3 nitrogen and oxygen atoms in total. The van der Waals surface area contributed by atoms with Crippen LogP contribution in [0.1, 0.15) is 19.3 Å². The lowest BCUT2D eigenvalue weighted by atomic mass is 10.3. The Balaban J connectivity index is 2.01. The summed E-state index contributed by atoms with van der Waals surface area (Å²) >= 11 is 0. The van der Waals surface area contributed by atoms with E-state index in [1.807, 2.05) is 0 Å². The lowest BCUT2D eigenvalue weighted by molar-refractivity contribution is 0.153. The van der Waals surface area contributed by atoms with E-state index in [0.717, 1.165) is 6.54 Å². The van der Waals surface area contributed by atoms with Gasteiger partial charge in [0.2, 0.25) is 0 Å². The van der Waals surface area contributed by atoms with Gasteiger partial charge in [-0.2, -0.15) is 0 Å². The predicted octanol–water partition coefficient (Wildman–Crippen LogP) is -0.251. The van der Waals surface area contributed by atoms with Crippen molar-refractivity contribution in [2.24, 2.45) is 5.73 Å². The zero-order chi connectivity index (χ0) is 7.40. The Hall–Kier alpha value is -0.120. The predicted molar refractivity (Wildman–Crippen MR) is 40.5 cm³/mol. The molecule has 1 rings (SSSR count). The molecule has 1 unspecified atom stereocenters. The lowest BCUT2D eigenvalue weighted by Gasteiger charge is -2.14. The molecule has 0 saturated carbocycles. The molecule has 0 bridgehead atoms. The second-order valence-electron chi connectivity index (χ2n) is 2.90. The summed E-state index contributed by atoms with van der Waals surface area (Å²) in [6.07, 6.45) is 2.70. The van der Waals surface area contributed by atoms with Gasteiger partial charge in [-0.05, 0) is 32.4 Å². The van der Waals surface area contributed by atoms with E-state index in [-0.39, 0.29) is 0 Å². The average molecular weight is 144 g/mol. The molecule has 0 aromatic heterocycles. The van der Waals surface area contributed by atoms with E-state index in [2.05, 4.69) is 4.90 Å². The number of nitrogens with zero attached hydrogens (tertiary/aromatic N) is 1. The minimum absolute atomic E-state index is 0.624. The van der Waals surface area contributed by atoms with Crippen LogP contribution in [0.4, 0.5) is 0 Å². The third kappa shape index (κ3) is 2.64. The van der Waals surface area contributed by atoms with Crippen molar-refractivity contribution >= 4 is 0 Å². The molecule has 3 heteroatoms. The molecule has 0 radical (unpaired) electrons. The second kappa shape index (κ2) is 3.91. The largest absolute Gasteiger partial charge is 0.379 e. The summed E-state index contributed by atoms with van der Waals surface area (Å²) < 4.78 is 0. The topological polar surface area (TPSA) is 49.5 Å². The SMILES string of the molecule is NC(O)CCN1CCCC1. The number of hydrogen-bond acceptors (Lipinski definition) is 3. The van der Waals surface area contributed by atoms with Crippen LogP contribution in [0.25, 0.3) is 0 Å². The first kappa shape index (κ1) is 7.98. The Kier molecular flexibility index (Phi) is 3.12. The van der Waals surface area contributed by atoms with Crippen molar-refractivity contribution in [1.29, 1.82) is 0 Å². The fourth-order valence-corrected chi connectivity index (χ4v) is 1.32. The van der Waals surface area contributed by atoms with E-state index in [9.17, 15) is 0 Å².